The van der Waals surface area contributed by atoms with Crippen molar-refractivity contribution in [3.8, 4) is 15.6 Å². The van der Waals surface area contributed by atoms with Gasteiger partial charge >= 0.3 is 5.97 Å². The van der Waals surface area contributed by atoms with E-state index in [-0.39, 0.29) is 37.8 Å². The first-order chi connectivity index (χ1) is 31.1. The predicted octanol–water partition coefficient (Wildman–Crippen LogP) is 7.90. The number of thiophene rings is 1. The molecule has 2 aliphatic heterocycles. The zero-order valence-electron chi connectivity index (χ0n) is 35.9. The SMILES string of the molecule is Cc1sc2c(c1C)C(c1ccc(Cl)cc1)=N[C@@H](CC(=O)N1CCN(CCCn3ccc4ccc(-c5nc(CC(=O)NCC(=O)OCc6ccccc6)cs5)cc43)CC1)c1nnc(C)n1-2. The van der Waals surface area contributed by atoms with E-state index < -0.39 is 12.0 Å². The highest BCUT2D eigenvalue weighted by Gasteiger charge is 2.34. The van der Waals surface area contributed by atoms with Crippen LogP contribution in [-0.2, 0) is 38.7 Å². The van der Waals surface area contributed by atoms with Gasteiger partial charge < -0.3 is 19.5 Å². The van der Waals surface area contributed by atoms with Crippen molar-refractivity contribution >= 4 is 68.7 Å². The molecule has 7 aromatic rings. The van der Waals surface area contributed by atoms with Crippen molar-refractivity contribution in [3.63, 3.8) is 0 Å². The summed E-state index contributed by atoms with van der Waals surface area (Å²) in [5, 5.41) is 17.2. The van der Waals surface area contributed by atoms with Crippen LogP contribution < -0.4 is 5.32 Å². The number of benzene rings is 3. The van der Waals surface area contributed by atoms with Crippen LogP contribution in [0, 0.1) is 20.8 Å². The van der Waals surface area contributed by atoms with Gasteiger partial charge in [0, 0.05) is 76.4 Å². The van der Waals surface area contributed by atoms with Gasteiger partial charge in [0.05, 0.1) is 24.2 Å². The molecule has 4 aromatic heterocycles. The van der Waals surface area contributed by atoms with Crippen LogP contribution in [0.15, 0.2) is 95.4 Å². The van der Waals surface area contributed by atoms with Gasteiger partial charge in [-0.2, -0.15) is 0 Å². The summed E-state index contributed by atoms with van der Waals surface area (Å²) in [6, 6.07) is 25.1. The second-order valence-corrected chi connectivity index (χ2v) is 18.7. The Bertz CT molecular complexity index is 2860. The molecule has 6 heterocycles. The Morgan fingerprint density at radius 2 is 1.69 bits per heavy atom. The van der Waals surface area contributed by atoms with Crippen molar-refractivity contribution in [2.24, 2.45) is 4.99 Å². The lowest BCUT2D eigenvalue weighted by Gasteiger charge is -2.35. The number of thiazole rings is 1. The number of piperazine rings is 1. The Morgan fingerprint density at radius 1 is 0.906 bits per heavy atom. The third kappa shape index (κ3) is 9.43. The maximum Gasteiger partial charge on any atom is 0.325 e. The summed E-state index contributed by atoms with van der Waals surface area (Å²) in [4.78, 5) is 54.5. The van der Waals surface area contributed by atoms with Crippen molar-refractivity contribution in [1.82, 2.24) is 39.4 Å². The minimum atomic E-state index is -0.493. The molecule has 0 unspecified atom stereocenters. The molecule has 0 saturated carbocycles. The largest absolute Gasteiger partial charge is 0.460 e. The normalized spacial score (nSPS) is 15.1. The highest BCUT2D eigenvalue weighted by Crippen LogP contribution is 2.40. The summed E-state index contributed by atoms with van der Waals surface area (Å²) in [6.45, 7) is 10.9. The fraction of sp³-hybridized carbons (Fsp3) is 0.312. The summed E-state index contributed by atoms with van der Waals surface area (Å²) >= 11 is 9.49. The van der Waals surface area contributed by atoms with Gasteiger partial charge in [-0.1, -0.05) is 66.2 Å². The van der Waals surface area contributed by atoms with Crippen molar-refractivity contribution in [2.75, 3.05) is 39.3 Å². The molecule has 1 fully saturated rings. The number of carbonyl (C=O) groups excluding carboxylic acids is 3. The van der Waals surface area contributed by atoms with Crippen molar-refractivity contribution < 1.29 is 19.1 Å². The number of aromatic nitrogens is 5. The van der Waals surface area contributed by atoms with E-state index in [4.69, 9.17) is 26.3 Å². The first-order valence-corrected chi connectivity index (χ1v) is 23.5. The topological polar surface area (TPSA) is 140 Å². The van der Waals surface area contributed by atoms with E-state index >= 15 is 0 Å². The summed E-state index contributed by atoms with van der Waals surface area (Å²) in [6.07, 6.45) is 3.37. The number of rotatable bonds is 14. The van der Waals surface area contributed by atoms with Crippen LogP contribution in [0.3, 0.4) is 0 Å². The quantitative estimate of drug-likeness (QED) is 0.109. The molecule has 2 amide bonds. The van der Waals surface area contributed by atoms with E-state index in [2.05, 4.69) is 73.9 Å². The van der Waals surface area contributed by atoms with E-state index in [9.17, 15) is 14.4 Å². The number of esters is 1. The average Bonchev–Trinajstić information content (AvgIpc) is 4.09. The zero-order valence-corrected chi connectivity index (χ0v) is 38.3. The predicted molar refractivity (Wildman–Crippen MR) is 252 cm³/mol. The fourth-order valence-corrected chi connectivity index (χ4v) is 10.5. The first kappa shape index (κ1) is 43.3. The number of halogens is 1. The van der Waals surface area contributed by atoms with Gasteiger partial charge in [0.15, 0.2) is 5.82 Å². The van der Waals surface area contributed by atoms with Crippen LogP contribution in [0.2, 0.25) is 5.02 Å². The molecule has 9 rings (SSSR count). The molecule has 1 atom stereocenters. The molecule has 1 N–H and O–H groups in total. The van der Waals surface area contributed by atoms with Gasteiger partial charge in [-0.15, -0.1) is 32.9 Å². The van der Waals surface area contributed by atoms with Crippen LogP contribution in [0.25, 0.3) is 26.5 Å². The summed E-state index contributed by atoms with van der Waals surface area (Å²) in [5.74, 6) is 0.748. The number of hydrogen-bond donors (Lipinski definition) is 1. The standard InChI is InChI=1S/C48H48ClN9O4S2/c1-30-31(2)64-48-44(30)45(35-12-14-37(49)15-13-35)52-39(46-54-53-32(3)58(46)48)26-42(60)57-22-20-55(21-23-57)17-7-18-56-19-16-34-10-11-36(24-40(34)56)47-51-38(29-63-47)25-41(59)50-27-43(61)62-28-33-8-5-4-6-9-33/h4-6,8-16,19,24,29,39H,7,17-18,20-23,25-28H2,1-3H3,(H,50,59)/t39-/m0/s1. The van der Waals surface area contributed by atoms with Crippen molar-refractivity contribution in [3.05, 3.63) is 140 Å². The molecule has 3 aromatic carbocycles. The van der Waals surface area contributed by atoms with Gasteiger partial charge in [0.2, 0.25) is 11.8 Å². The number of nitrogens with one attached hydrogen (secondary N) is 1. The lowest BCUT2D eigenvalue weighted by atomic mass is 9.99. The Balaban J connectivity index is 0.774. The first-order valence-electron chi connectivity index (χ1n) is 21.4. The number of fused-ring (bicyclic) bond motifs is 4. The van der Waals surface area contributed by atoms with E-state index in [1.54, 1.807) is 11.3 Å². The minimum absolute atomic E-state index is 0.0659. The Morgan fingerprint density at radius 3 is 2.48 bits per heavy atom. The number of amides is 2. The Labute approximate surface area is 384 Å². The smallest absolute Gasteiger partial charge is 0.325 e. The molecule has 16 heteroatoms. The zero-order chi connectivity index (χ0) is 44.3. The van der Waals surface area contributed by atoms with E-state index in [0.29, 0.717) is 29.6 Å². The summed E-state index contributed by atoms with van der Waals surface area (Å²) < 4.78 is 9.63. The van der Waals surface area contributed by atoms with Crippen LogP contribution in [0.1, 0.15) is 63.4 Å². The lowest BCUT2D eigenvalue weighted by molar-refractivity contribution is -0.145. The third-order valence-corrected chi connectivity index (χ3v) is 14.3. The molecule has 64 heavy (non-hydrogen) atoms. The number of hydrogen-bond acceptors (Lipinski definition) is 11. The average molecular weight is 915 g/mol. The highest BCUT2D eigenvalue weighted by atomic mass is 35.5. The third-order valence-electron chi connectivity index (χ3n) is 11.9. The molecular formula is C48H48ClN9O4S2. The molecule has 0 spiro atoms. The van der Waals surface area contributed by atoms with Gasteiger partial charge in [-0.25, -0.2) is 4.98 Å². The molecule has 0 aliphatic carbocycles. The summed E-state index contributed by atoms with van der Waals surface area (Å²) in [5.41, 5.74) is 7.66. The Kier molecular flexibility index (Phi) is 12.8. The van der Waals surface area contributed by atoms with Crippen LogP contribution in [0.5, 0.6) is 0 Å². The van der Waals surface area contributed by atoms with Gasteiger partial charge in [-0.3, -0.25) is 28.8 Å². The maximum atomic E-state index is 14.0. The number of ether oxygens (including phenoxy) is 1. The van der Waals surface area contributed by atoms with E-state index in [1.807, 2.05) is 71.8 Å². The lowest BCUT2D eigenvalue weighted by Crippen LogP contribution is -2.49. The number of aryl methyl sites for hydroxylation is 3. The highest BCUT2D eigenvalue weighted by molar-refractivity contribution is 7.15. The van der Waals surface area contributed by atoms with Crippen molar-refractivity contribution in [2.45, 2.75) is 59.2 Å². The molecule has 2 aliphatic rings. The Hall–Kier alpha value is -6.00. The molecule has 0 radical (unpaired) electrons. The second kappa shape index (κ2) is 19.0. The monoisotopic (exact) mass is 913 g/mol. The van der Waals surface area contributed by atoms with Gasteiger partial charge in [-0.05, 0) is 74.5 Å². The van der Waals surface area contributed by atoms with E-state index in [0.717, 1.165) is 92.9 Å². The maximum absolute atomic E-state index is 14.0. The molecular weight excluding hydrogens is 866 g/mol. The fourth-order valence-electron chi connectivity index (χ4n) is 8.33. The molecule has 1 saturated heterocycles. The summed E-state index contributed by atoms with van der Waals surface area (Å²) in [7, 11) is 0. The van der Waals surface area contributed by atoms with Gasteiger partial charge in [0.1, 0.15) is 35.0 Å². The van der Waals surface area contributed by atoms with Crippen molar-refractivity contribution in [1.29, 1.82) is 0 Å². The van der Waals surface area contributed by atoms with Crippen LogP contribution >= 0.6 is 34.3 Å². The molecule has 13 nitrogen and oxygen atoms in total. The van der Waals surface area contributed by atoms with Crippen LogP contribution in [-0.4, -0.2) is 96.9 Å². The van der Waals surface area contributed by atoms with Crippen LogP contribution in [0.4, 0.5) is 0 Å². The number of carbonyl (C=O) groups is 3. The molecule has 328 valence electrons. The molecule has 0 bridgehead atoms. The number of nitrogens with zero attached hydrogens (tertiary/aromatic N) is 8. The number of aliphatic imine (C=N–C) groups is 1. The van der Waals surface area contributed by atoms with E-state index in [1.165, 1.54) is 16.2 Å². The minimum Gasteiger partial charge on any atom is -0.460 e. The van der Waals surface area contributed by atoms with Gasteiger partial charge in [0.25, 0.3) is 0 Å². The second-order valence-electron chi connectivity index (χ2n) is 16.2.